The minimum atomic E-state index is -0.514. The number of fused-ring (bicyclic) bond motifs is 7. The van der Waals surface area contributed by atoms with Gasteiger partial charge in [0.25, 0.3) is 0 Å². The molecule has 0 radical (unpaired) electrons. The maximum atomic E-state index is 2.48. The van der Waals surface area contributed by atoms with E-state index in [2.05, 4.69) is 254 Å². The van der Waals surface area contributed by atoms with Crippen LogP contribution in [0.1, 0.15) is 45.9 Å². The highest BCUT2D eigenvalue weighted by molar-refractivity contribution is 5.97. The Labute approximate surface area is 363 Å². The Bertz CT molecular complexity index is 3250. The molecule has 0 saturated carbocycles. The Morgan fingerprint density at radius 2 is 0.758 bits per heavy atom. The summed E-state index contributed by atoms with van der Waals surface area (Å²) >= 11 is 0. The Balaban J connectivity index is 1.10. The first-order valence-electron chi connectivity index (χ1n) is 21.7. The zero-order chi connectivity index (χ0) is 41.3. The van der Waals surface area contributed by atoms with Gasteiger partial charge in [0.05, 0.1) is 5.41 Å². The fourth-order valence-corrected chi connectivity index (χ4v) is 11.0. The van der Waals surface area contributed by atoms with Crippen LogP contribution in [0.25, 0.3) is 44.2 Å². The third-order valence-electron chi connectivity index (χ3n) is 13.8. The fourth-order valence-electron chi connectivity index (χ4n) is 11.0. The highest BCUT2D eigenvalue weighted by atomic mass is 15.1. The molecule has 0 fully saturated rings. The molecular weight excluding hydrogens is 747 g/mol. The fraction of sp³-hybridized carbons (Fsp3) is 0.0492. The Morgan fingerprint density at radius 3 is 1.42 bits per heavy atom. The summed E-state index contributed by atoms with van der Waals surface area (Å²) in [6, 6.07) is 90.0. The van der Waals surface area contributed by atoms with Crippen LogP contribution in [0.5, 0.6) is 0 Å². The number of hydrogen-bond donors (Lipinski definition) is 0. The first-order valence-corrected chi connectivity index (χ1v) is 21.7. The maximum Gasteiger partial charge on any atom is 0.0714 e. The van der Waals surface area contributed by atoms with E-state index < -0.39 is 5.41 Å². The van der Waals surface area contributed by atoms with Crippen molar-refractivity contribution >= 4 is 27.8 Å². The highest BCUT2D eigenvalue weighted by Crippen LogP contribution is 2.58. The van der Waals surface area contributed by atoms with Crippen LogP contribution in [0.3, 0.4) is 0 Å². The van der Waals surface area contributed by atoms with Gasteiger partial charge in [0, 0.05) is 22.5 Å². The van der Waals surface area contributed by atoms with E-state index in [1.165, 1.54) is 83.1 Å². The summed E-state index contributed by atoms with van der Waals surface area (Å²) in [4.78, 5) is 2.48. The summed E-state index contributed by atoms with van der Waals surface area (Å²) in [5.74, 6) is 0. The van der Waals surface area contributed by atoms with Crippen molar-refractivity contribution < 1.29 is 0 Å². The minimum absolute atomic E-state index is 0.331. The van der Waals surface area contributed by atoms with Gasteiger partial charge in [0.1, 0.15) is 0 Å². The molecule has 0 spiro atoms. The molecule has 2 aliphatic carbocycles. The van der Waals surface area contributed by atoms with Crippen LogP contribution in [0.4, 0.5) is 17.1 Å². The molecule has 2 aliphatic rings. The first-order chi connectivity index (χ1) is 30.6. The Kier molecular flexibility index (Phi) is 8.27. The van der Waals surface area contributed by atoms with Crippen LogP contribution in [0.2, 0.25) is 0 Å². The lowest BCUT2D eigenvalue weighted by Gasteiger charge is -2.35. The van der Waals surface area contributed by atoms with Gasteiger partial charge < -0.3 is 4.90 Å². The Morgan fingerprint density at radius 1 is 0.306 bits per heavy atom. The van der Waals surface area contributed by atoms with Crippen LogP contribution in [0.15, 0.2) is 243 Å². The Hall–Kier alpha value is -7.74. The van der Waals surface area contributed by atoms with Crippen molar-refractivity contribution in [1.29, 1.82) is 0 Å². The van der Waals surface area contributed by atoms with Crippen molar-refractivity contribution in [1.82, 2.24) is 0 Å². The normalized spacial score (nSPS) is 15.4. The number of rotatable bonds is 7. The lowest BCUT2D eigenvalue weighted by Crippen LogP contribution is -2.28. The van der Waals surface area contributed by atoms with E-state index in [0.717, 1.165) is 17.1 Å². The molecule has 0 amide bonds. The molecule has 292 valence electrons. The monoisotopic (exact) mass is 789 g/mol. The van der Waals surface area contributed by atoms with E-state index in [1.807, 2.05) is 0 Å². The second kappa shape index (κ2) is 14.2. The lowest BCUT2D eigenvalue weighted by atomic mass is 9.67. The second-order valence-electron chi connectivity index (χ2n) is 16.9. The van der Waals surface area contributed by atoms with Crippen molar-refractivity contribution in [2.75, 3.05) is 4.90 Å². The quantitative estimate of drug-likeness (QED) is 0.155. The van der Waals surface area contributed by atoms with Crippen molar-refractivity contribution in [3.05, 3.63) is 282 Å². The summed E-state index contributed by atoms with van der Waals surface area (Å²) in [5.41, 5.74) is 19.1. The van der Waals surface area contributed by atoms with E-state index >= 15 is 0 Å². The summed E-state index contributed by atoms with van der Waals surface area (Å²) in [6.45, 7) is 2.40. The van der Waals surface area contributed by atoms with E-state index in [0.29, 0.717) is 0 Å². The van der Waals surface area contributed by atoms with Gasteiger partial charge in [-0.15, -0.1) is 0 Å². The van der Waals surface area contributed by atoms with E-state index in [-0.39, 0.29) is 5.41 Å². The largest absolute Gasteiger partial charge is 0.310 e. The zero-order valence-corrected chi connectivity index (χ0v) is 34.5. The third kappa shape index (κ3) is 5.28. The van der Waals surface area contributed by atoms with Crippen molar-refractivity contribution in [2.24, 2.45) is 0 Å². The van der Waals surface area contributed by atoms with Crippen LogP contribution in [-0.4, -0.2) is 0 Å². The molecular formula is C61H43N. The zero-order valence-electron chi connectivity index (χ0n) is 34.5. The summed E-state index contributed by atoms with van der Waals surface area (Å²) in [6.07, 6.45) is 0. The van der Waals surface area contributed by atoms with Crippen LogP contribution in [0, 0.1) is 0 Å². The molecule has 1 nitrogen and oxygen atoms in total. The lowest BCUT2D eigenvalue weighted by molar-refractivity contribution is 0.714. The highest BCUT2D eigenvalue weighted by Gasteiger charge is 2.46. The molecule has 0 saturated heterocycles. The average Bonchev–Trinajstić information content (AvgIpc) is 3.79. The molecule has 1 unspecified atom stereocenters. The molecule has 62 heavy (non-hydrogen) atoms. The number of hydrogen-bond acceptors (Lipinski definition) is 1. The van der Waals surface area contributed by atoms with Crippen molar-refractivity contribution in [2.45, 2.75) is 17.8 Å². The standard InChI is InChI=1S/C61H43N/c1-60(44-20-5-2-6-21-44)56-30-15-13-27-52(56)54-38-36-48(40-58(54)60)62(47-34-32-43(33-35-47)51-29-17-19-42-18-11-12-26-50(42)51)49-37-39-55-53-28-14-16-31-57(53)61(59(55)41-49,45-22-7-3-8-23-45)46-24-9-4-10-25-46/h2-41H,1H3. The molecule has 0 heterocycles. The van der Waals surface area contributed by atoms with Crippen LogP contribution >= 0.6 is 0 Å². The molecule has 12 rings (SSSR count). The smallest absolute Gasteiger partial charge is 0.0714 e. The molecule has 1 heteroatoms. The van der Waals surface area contributed by atoms with Crippen molar-refractivity contribution in [3.8, 4) is 33.4 Å². The van der Waals surface area contributed by atoms with Gasteiger partial charge in [-0.3, -0.25) is 0 Å². The van der Waals surface area contributed by atoms with E-state index in [1.54, 1.807) is 0 Å². The number of nitrogens with zero attached hydrogens (tertiary/aromatic N) is 1. The summed E-state index contributed by atoms with van der Waals surface area (Å²) < 4.78 is 0. The van der Waals surface area contributed by atoms with Gasteiger partial charge in [0.15, 0.2) is 0 Å². The molecule has 0 aliphatic heterocycles. The number of benzene rings is 10. The van der Waals surface area contributed by atoms with E-state index in [4.69, 9.17) is 0 Å². The molecule has 0 N–H and O–H groups in total. The van der Waals surface area contributed by atoms with Gasteiger partial charge in [-0.2, -0.15) is 0 Å². The van der Waals surface area contributed by atoms with Gasteiger partial charge in [-0.1, -0.05) is 206 Å². The molecule has 1 atom stereocenters. The molecule has 10 aromatic carbocycles. The molecule has 0 aromatic heterocycles. The van der Waals surface area contributed by atoms with Gasteiger partial charge >= 0.3 is 0 Å². The topological polar surface area (TPSA) is 3.24 Å². The van der Waals surface area contributed by atoms with E-state index in [9.17, 15) is 0 Å². The summed E-state index contributed by atoms with van der Waals surface area (Å²) in [5, 5.41) is 2.50. The van der Waals surface area contributed by atoms with Crippen LogP contribution in [-0.2, 0) is 10.8 Å². The average molecular weight is 790 g/mol. The van der Waals surface area contributed by atoms with Gasteiger partial charge in [0.2, 0.25) is 0 Å². The van der Waals surface area contributed by atoms with Gasteiger partial charge in [-0.05, 0) is 126 Å². The van der Waals surface area contributed by atoms with Crippen LogP contribution < -0.4 is 4.90 Å². The minimum Gasteiger partial charge on any atom is -0.310 e. The third-order valence-corrected chi connectivity index (χ3v) is 13.8. The second-order valence-corrected chi connectivity index (χ2v) is 16.9. The SMILES string of the molecule is CC1(c2ccccc2)c2ccccc2-c2ccc(N(c3ccc(-c4cccc5ccccc45)cc3)c3ccc4c(c3)C(c3ccccc3)(c3ccccc3)c3ccccc3-4)cc21. The molecule has 10 aromatic rings. The van der Waals surface area contributed by atoms with Crippen molar-refractivity contribution in [3.63, 3.8) is 0 Å². The predicted octanol–water partition coefficient (Wildman–Crippen LogP) is 15.7. The number of anilines is 3. The maximum absolute atomic E-state index is 2.48. The molecule has 0 bridgehead atoms. The first kappa shape index (κ1) is 36.1. The summed E-state index contributed by atoms with van der Waals surface area (Å²) in [7, 11) is 0. The van der Waals surface area contributed by atoms with Gasteiger partial charge in [-0.25, -0.2) is 0 Å². The predicted molar refractivity (Wildman–Crippen MR) is 259 cm³/mol.